The van der Waals surface area contributed by atoms with Gasteiger partial charge in [0.15, 0.2) is 0 Å². The summed E-state index contributed by atoms with van der Waals surface area (Å²) in [6.07, 6.45) is 0. The van der Waals surface area contributed by atoms with Crippen molar-refractivity contribution in [2.75, 3.05) is 13.7 Å². The van der Waals surface area contributed by atoms with Gasteiger partial charge in [-0.1, -0.05) is 24.3 Å². The minimum atomic E-state index is 0.171. The highest BCUT2D eigenvalue weighted by Crippen LogP contribution is 2.34. The van der Waals surface area contributed by atoms with Crippen molar-refractivity contribution in [2.24, 2.45) is 0 Å². The third-order valence-corrected chi connectivity index (χ3v) is 4.46. The minimum absolute atomic E-state index is 0.171. The molecule has 130 valence electrons. The van der Waals surface area contributed by atoms with E-state index in [9.17, 15) is 0 Å². The van der Waals surface area contributed by atoms with Gasteiger partial charge < -0.3 is 9.47 Å². The molecule has 4 rings (SSSR count). The lowest BCUT2D eigenvalue weighted by Gasteiger charge is -2.08. The van der Waals surface area contributed by atoms with E-state index in [0.29, 0.717) is 6.61 Å². The van der Waals surface area contributed by atoms with Crippen LogP contribution in [0.2, 0.25) is 0 Å². The Morgan fingerprint density at radius 1 is 1.08 bits per heavy atom. The van der Waals surface area contributed by atoms with Gasteiger partial charge in [-0.3, -0.25) is 10.5 Å². The second kappa shape index (κ2) is 6.52. The van der Waals surface area contributed by atoms with Crippen molar-refractivity contribution in [1.82, 2.24) is 10.2 Å². The van der Waals surface area contributed by atoms with Gasteiger partial charge in [-0.25, -0.2) is 0 Å². The van der Waals surface area contributed by atoms with Gasteiger partial charge in [-0.2, -0.15) is 5.10 Å². The van der Waals surface area contributed by atoms with Crippen LogP contribution in [0.1, 0.15) is 12.5 Å². The first-order chi connectivity index (χ1) is 12.7. The molecule has 0 aliphatic heterocycles. The first-order valence-electron chi connectivity index (χ1n) is 8.48. The number of rotatable bonds is 4. The molecule has 0 spiro atoms. The van der Waals surface area contributed by atoms with Crippen molar-refractivity contribution in [3.63, 3.8) is 0 Å². The summed E-state index contributed by atoms with van der Waals surface area (Å²) in [7, 11) is 1.67. The number of methoxy groups -OCH3 is 1. The van der Waals surface area contributed by atoms with Gasteiger partial charge in [0.1, 0.15) is 11.4 Å². The van der Waals surface area contributed by atoms with Crippen LogP contribution in [-0.2, 0) is 4.74 Å². The predicted molar refractivity (Wildman–Crippen MR) is 104 cm³/mol. The number of H-pyrrole nitrogens is 1. The number of fused-ring (bicyclic) bond motifs is 2. The molecule has 26 heavy (non-hydrogen) atoms. The highest BCUT2D eigenvalue weighted by molar-refractivity contribution is 6.05. The zero-order valence-corrected chi connectivity index (χ0v) is 14.7. The van der Waals surface area contributed by atoms with Gasteiger partial charge >= 0.3 is 0 Å². The van der Waals surface area contributed by atoms with E-state index in [4.69, 9.17) is 14.9 Å². The molecule has 0 aliphatic carbocycles. The third kappa shape index (κ3) is 2.67. The fourth-order valence-corrected chi connectivity index (χ4v) is 3.18. The van der Waals surface area contributed by atoms with Crippen molar-refractivity contribution >= 4 is 27.6 Å². The molecule has 1 heterocycles. The number of ether oxygens (including phenoxy) is 2. The number of aromatic nitrogens is 2. The zero-order valence-electron chi connectivity index (χ0n) is 14.7. The maximum absolute atomic E-state index is 8.04. The Kier molecular flexibility index (Phi) is 4.05. The molecule has 0 unspecified atom stereocenters. The summed E-state index contributed by atoms with van der Waals surface area (Å²) in [6, 6.07) is 17.9. The van der Waals surface area contributed by atoms with E-state index >= 15 is 0 Å². The van der Waals surface area contributed by atoms with Crippen molar-refractivity contribution < 1.29 is 9.47 Å². The van der Waals surface area contributed by atoms with Crippen LogP contribution in [0, 0.1) is 5.41 Å². The molecule has 0 saturated carbocycles. The fourth-order valence-electron chi connectivity index (χ4n) is 3.18. The maximum Gasteiger partial charge on any atom is 0.213 e. The molecular weight excluding hydrogens is 326 g/mol. The Balaban J connectivity index is 1.90. The van der Waals surface area contributed by atoms with Crippen molar-refractivity contribution in [3.05, 3.63) is 60.2 Å². The topological polar surface area (TPSA) is 71.0 Å². The Hall–Kier alpha value is -3.34. The number of aromatic amines is 1. The van der Waals surface area contributed by atoms with Crippen LogP contribution in [0.25, 0.3) is 32.9 Å². The highest BCUT2D eigenvalue weighted by Gasteiger charge is 2.13. The van der Waals surface area contributed by atoms with Crippen molar-refractivity contribution in [2.45, 2.75) is 6.92 Å². The molecule has 3 aromatic carbocycles. The van der Waals surface area contributed by atoms with Crippen LogP contribution in [-0.4, -0.2) is 29.8 Å². The number of benzene rings is 3. The molecule has 1 aromatic heterocycles. The first-order valence-corrected chi connectivity index (χ1v) is 8.48. The monoisotopic (exact) mass is 345 g/mol. The lowest BCUT2D eigenvalue weighted by atomic mass is 9.99. The Bertz CT molecular complexity index is 1110. The predicted octanol–water partition coefficient (Wildman–Crippen LogP) is 4.75. The van der Waals surface area contributed by atoms with Crippen LogP contribution >= 0.6 is 0 Å². The number of hydrogen-bond acceptors (Lipinski definition) is 4. The highest BCUT2D eigenvalue weighted by atomic mass is 16.5. The van der Waals surface area contributed by atoms with Crippen LogP contribution < -0.4 is 4.74 Å². The average molecular weight is 345 g/mol. The molecule has 2 N–H and O–H groups in total. The summed E-state index contributed by atoms with van der Waals surface area (Å²) in [4.78, 5) is 0. The summed E-state index contributed by atoms with van der Waals surface area (Å²) in [5, 5.41) is 18.8. The van der Waals surface area contributed by atoms with Gasteiger partial charge in [0.05, 0.1) is 19.2 Å². The van der Waals surface area contributed by atoms with E-state index in [1.165, 1.54) is 0 Å². The summed E-state index contributed by atoms with van der Waals surface area (Å²) < 4.78 is 10.7. The van der Waals surface area contributed by atoms with Crippen molar-refractivity contribution in [3.8, 4) is 17.0 Å². The van der Waals surface area contributed by atoms with Gasteiger partial charge in [0, 0.05) is 16.5 Å². The SMILES string of the molecule is CCOC(=N)c1ccc2[nH]nc(-c3cccc4cc(OC)ccc34)c2c1. The molecule has 0 radical (unpaired) electrons. The van der Waals surface area contributed by atoms with E-state index in [-0.39, 0.29) is 5.90 Å². The first kappa shape index (κ1) is 16.1. The van der Waals surface area contributed by atoms with Gasteiger partial charge in [0.25, 0.3) is 0 Å². The maximum atomic E-state index is 8.04. The van der Waals surface area contributed by atoms with Gasteiger partial charge in [-0.15, -0.1) is 0 Å². The van der Waals surface area contributed by atoms with Crippen LogP contribution in [0.5, 0.6) is 5.75 Å². The molecule has 0 aliphatic rings. The van der Waals surface area contributed by atoms with E-state index in [2.05, 4.69) is 28.4 Å². The van der Waals surface area contributed by atoms with Crippen molar-refractivity contribution in [1.29, 1.82) is 5.41 Å². The second-order valence-corrected chi connectivity index (χ2v) is 5.99. The second-order valence-electron chi connectivity index (χ2n) is 5.99. The molecule has 4 aromatic rings. The fraction of sp³-hybridized carbons (Fsp3) is 0.143. The summed E-state index contributed by atoms with van der Waals surface area (Å²) in [6.45, 7) is 2.35. The van der Waals surface area contributed by atoms with E-state index < -0.39 is 0 Å². The Morgan fingerprint density at radius 3 is 2.77 bits per heavy atom. The third-order valence-electron chi connectivity index (χ3n) is 4.46. The normalized spacial score (nSPS) is 11.0. The van der Waals surface area contributed by atoms with Crippen LogP contribution in [0.3, 0.4) is 0 Å². The lowest BCUT2D eigenvalue weighted by Crippen LogP contribution is -2.04. The number of nitrogens with one attached hydrogen (secondary N) is 2. The molecule has 0 fully saturated rings. The standard InChI is InChI=1S/C21H19N3O2/c1-3-26-21(22)14-7-10-19-18(12-14)20(24-23-19)17-6-4-5-13-11-15(25-2)8-9-16(13)17/h4-12,22H,3H2,1-2H3,(H,23,24). The summed E-state index contributed by atoms with van der Waals surface area (Å²) in [5.74, 6) is 0.998. The largest absolute Gasteiger partial charge is 0.497 e. The molecule has 0 bridgehead atoms. The molecule has 0 saturated heterocycles. The lowest BCUT2D eigenvalue weighted by molar-refractivity contribution is 0.325. The Morgan fingerprint density at radius 2 is 1.96 bits per heavy atom. The van der Waals surface area contributed by atoms with Crippen LogP contribution in [0.4, 0.5) is 0 Å². The average Bonchev–Trinajstić information content (AvgIpc) is 3.10. The summed E-state index contributed by atoms with van der Waals surface area (Å²) >= 11 is 0. The number of hydrogen-bond donors (Lipinski definition) is 2. The van der Waals surface area contributed by atoms with Gasteiger partial charge in [0.2, 0.25) is 5.90 Å². The van der Waals surface area contributed by atoms with E-state index in [0.717, 1.165) is 44.2 Å². The molecular formula is C21H19N3O2. The number of nitrogens with zero attached hydrogens (tertiary/aromatic N) is 1. The van der Waals surface area contributed by atoms with Crippen LogP contribution in [0.15, 0.2) is 54.6 Å². The molecule has 5 heteroatoms. The molecule has 5 nitrogen and oxygen atoms in total. The molecule has 0 atom stereocenters. The smallest absolute Gasteiger partial charge is 0.213 e. The summed E-state index contributed by atoms with van der Waals surface area (Å²) in [5.41, 5.74) is 3.57. The zero-order chi connectivity index (χ0) is 18.1. The Labute approximate surface area is 151 Å². The quantitative estimate of drug-likeness (QED) is 0.414. The van der Waals surface area contributed by atoms with E-state index in [1.54, 1.807) is 7.11 Å². The van der Waals surface area contributed by atoms with Gasteiger partial charge in [-0.05, 0) is 48.0 Å². The van der Waals surface area contributed by atoms with E-state index in [1.807, 2.05) is 43.3 Å². The minimum Gasteiger partial charge on any atom is -0.497 e. The molecule has 0 amide bonds.